The Hall–Kier alpha value is -1.70. The minimum absolute atomic E-state index is 0.0643. The Labute approximate surface area is 160 Å². The van der Waals surface area contributed by atoms with Gasteiger partial charge in [0.15, 0.2) is 0 Å². The van der Waals surface area contributed by atoms with E-state index >= 15 is 0 Å². The molecule has 144 valence electrons. The maximum atomic E-state index is 13.2. The molecular weight excluding hydrogens is 382 g/mol. The normalized spacial score (nSPS) is 19.3. The molecule has 7 heteroatoms. The van der Waals surface area contributed by atoms with Gasteiger partial charge >= 0.3 is 0 Å². The van der Waals surface area contributed by atoms with Crippen molar-refractivity contribution in [2.45, 2.75) is 66.2 Å². The van der Waals surface area contributed by atoms with Gasteiger partial charge < -0.3 is 0 Å². The second kappa shape index (κ2) is 6.72. The van der Waals surface area contributed by atoms with Gasteiger partial charge in [-0.15, -0.1) is 0 Å². The van der Waals surface area contributed by atoms with Crippen LogP contribution in [-0.4, -0.2) is 22.9 Å². The number of hydrogen-bond donors (Lipinski definition) is 1. The maximum Gasteiger partial charge on any atom is 0.241 e. The highest BCUT2D eigenvalue weighted by Gasteiger charge is 2.31. The van der Waals surface area contributed by atoms with Gasteiger partial charge in [-0.3, -0.25) is 0 Å². The van der Waals surface area contributed by atoms with E-state index < -0.39 is 19.9 Å². The lowest BCUT2D eigenvalue weighted by atomic mass is 10.0. The van der Waals surface area contributed by atoms with E-state index in [4.69, 9.17) is 0 Å². The number of nitrogens with one attached hydrogen (secondary N) is 1. The van der Waals surface area contributed by atoms with E-state index in [9.17, 15) is 16.8 Å². The van der Waals surface area contributed by atoms with Crippen molar-refractivity contribution in [3.8, 4) is 0 Å². The molecule has 1 aliphatic heterocycles. The van der Waals surface area contributed by atoms with E-state index in [0.29, 0.717) is 24.0 Å². The molecule has 1 heterocycles. The fraction of sp³-hybridized carbons (Fsp3) is 0.400. The van der Waals surface area contributed by atoms with Crippen molar-refractivity contribution in [3.63, 3.8) is 0 Å². The molecule has 0 spiro atoms. The molecule has 0 saturated heterocycles. The molecule has 0 bridgehead atoms. The number of rotatable bonds is 3. The molecule has 0 radical (unpaired) electrons. The molecule has 2 aromatic rings. The second-order valence-corrected chi connectivity index (χ2v) is 11.0. The molecule has 5 nitrogen and oxygen atoms in total. The van der Waals surface area contributed by atoms with Gasteiger partial charge in [-0.05, 0) is 61.4 Å². The molecule has 1 N–H and O–H groups in total. The molecular formula is C20H23NO4S2. The predicted octanol–water partition coefficient (Wildman–Crippen LogP) is 3.15. The standard InChI is InChI=1S/C20H23NO4S2/c1-14-12-16-11-10-15-6-2-5-9-18(15)26(22,23)20(16)13-19(14)27(24,25)21-17-7-3-4-8-17/h2,5-6,9,12-13,17,21H,3-4,7-8,10-11H2,1H3. The summed E-state index contributed by atoms with van der Waals surface area (Å²) < 4.78 is 55.1. The number of benzene rings is 2. The number of aryl methyl sites for hydroxylation is 3. The summed E-state index contributed by atoms with van der Waals surface area (Å²) in [5.41, 5.74) is 2.05. The Bertz CT molecular complexity index is 1100. The Morgan fingerprint density at radius 3 is 2.37 bits per heavy atom. The summed E-state index contributed by atoms with van der Waals surface area (Å²) in [4.78, 5) is 0.459. The molecule has 1 saturated carbocycles. The van der Waals surface area contributed by atoms with Gasteiger partial charge in [-0.25, -0.2) is 21.6 Å². The van der Waals surface area contributed by atoms with Crippen LogP contribution in [-0.2, 0) is 32.7 Å². The van der Waals surface area contributed by atoms with Crippen molar-refractivity contribution >= 4 is 19.9 Å². The summed E-state index contributed by atoms with van der Waals surface area (Å²) in [7, 11) is -7.52. The summed E-state index contributed by atoms with van der Waals surface area (Å²) in [5.74, 6) is 0. The molecule has 4 rings (SSSR count). The summed E-state index contributed by atoms with van der Waals surface area (Å²) in [6, 6.07) is 9.98. The van der Waals surface area contributed by atoms with E-state index in [1.54, 1.807) is 25.1 Å². The quantitative estimate of drug-likeness (QED) is 0.851. The molecule has 1 aliphatic carbocycles. The van der Waals surface area contributed by atoms with Crippen LogP contribution in [0, 0.1) is 6.92 Å². The van der Waals surface area contributed by atoms with Gasteiger partial charge in [0.2, 0.25) is 19.9 Å². The zero-order valence-electron chi connectivity index (χ0n) is 15.2. The van der Waals surface area contributed by atoms with Crippen molar-refractivity contribution in [2.24, 2.45) is 0 Å². The fourth-order valence-electron chi connectivity index (χ4n) is 4.15. The first-order chi connectivity index (χ1) is 12.8. The molecule has 0 amide bonds. The van der Waals surface area contributed by atoms with E-state index in [1.807, 2.05) is 12.1 Å². The largest absolute Gasteiger partial charge is 0.241 e. The highest BCUT2D eigenvalue weighted by Crippen LogP contribution is 2.34. The first-order valence-electron chi connectivity index (χ1n) is 9.28. The molecule has 0 unspecified atom stereocenters. The third-order valence-electron chi connectivity index (χ3n) is 5.54. The number of sulfonamides is 1. The van der Waals surface area contributed by atoms with Crippen molar-refractivity contribution in [1.29, 1.82) is 0 Å². The van der Waals surface area contributed by atoms with Gasteiger partial charge in [0.25, 0.3) is 0 Å². The predicted molar refractivity (Wildman–Crippen MR) is 103 cm³/mol. The van der Waals surface area contributed by atoms with Gasteiger partial charge in [0.1, 0.15) is 0 Å². The fourth-order valence-corrected chi connectivity index (χ4v) is 7.57. The maximum absolute atomic E-state index is 13.2. The third kappa shape index (κ3) is 3.32. The van der Waals surface area contributed by atoms with Crippen molar-refractivity contribution < 1.29 is 16.8 Å². The highest BCUT2D eigenvalue weighted by molar-refractivity contribution is 7.92. The molecule has 0 aromatic heterocycles. The van der Waals surface area contributed by atoms with Gasteiger partial charge in [-0.1, -0.05) is 37.1 Å². The van der Waals surface area contributed by atoms with Crippen LogP contribution in [0.3, 0.4) is 0 Å². The first kappa shape index (κ1) is 18.7. The average molecular weight is 406 g/mol. The van der Waals surface area contributed by atoms with Crippen LogP contribution >= 0.6 is 0 Å². The molecule has 1 fully saturated rings. The van der Waals surface area contributed by atoms with Gasteiger partial charge in [0.05, 0.1) is 14.7 Å². The zero-order chi connectivity index (χ0) is 19.2. The summed E-state index contributed by atoms with van der Waals surface area (Å²) in [5, 5.41) is 0. The van der Waals surface area contributed by atoms with Crippen LogP contribution < -0.4 is 4.72 Å². The summed E-state index contributed by atoms with van der Waals surface area (Å²) in [6.45, 7) is 1.73. The van der Waals surface area contributed by atoms with E-state index in [2.05, 4.69) is 4.72 Å². The van der Waals surface area contributed by atoms with Crippen LogP contribution in [0.2, 0.25) is 0 Å². The van der Waals surface area contributed by atoms with Crippen molar-refractivity contribution in [1.82, 2.24) is 4.72 Å². The molecule has 0 atom stereocenters. The Morgan fingerprint density at radius 2 is 1.63 bits per heavy atom. The highest BCUT2D eigenvalue weighted by atomic mass is 32.2. The zero-order valence-corrected chi connectivity index (χ0v) is 16.9. The van der Waals surface area contributed by atoms with Crippen LogP contribution in [0.25, 0.3) is 0 Å². The monoisotopic (exact) mass is 405 g/mol. The lowest BCUT2D eigenvalue weighted by molar-refractivity contribution is 0.551. The number of hydrogen-bond acceptors (Lipinski definition) is 4. The minimum Gasteiger partial charge on any atom is -0.218 e. The van der Waals surface area contributed by atoms with Crippen LogP contribution in [0.5, 0.6) is 0 Å². The van der Waals surface area contributed by atoms with Gasteiger partial charge in [0, 0.05) is 6.04 Å². The second-order valence-electron chi connectivity index (χ2n) is 7.44. The first-order valence-corrected chi connectivity index (χ1v) is 12.2. The average Bonchev–Trinajstić information content (AvgIpc) is 3.08. The Morgan fingerprint density at radius 1 is 0.963 bits per heavy atom. The SMILES string of the molecule is Cc1cc2c(cc1S(=O)(=O)NC1CCCC1)S(=O)(=O)c1ccccc1CC2. The summed E-state index contributed by atoms with van der Waals surface area (Å²) in [6.07, 6.45) is 4.88. The summed E-state index contributed by atoms with van der Waals surface area (Å²) >= 11 is 0. The van der Waals surface area contributed by atoms with Crippen LogP contribution in [0.15, 0.2) is 51.1 Å². The van der Waals surface area contributed by atoms with Crippen molar-refractivity contribution in [2.75, 3.05) is 0 Å². The van der Waals surface area contributed by atoms with Crippen LogP contribution in [0.4, 0.5) is 0 Å². The molecule has 27 heavy (non-hydrogen) atoms. The number of fused-ring (bicyclic) bond motifs is 2. The molecule has 2 aromatic carbocycles. The van der Waals surface area contributed by atoms with E-state index in [-0.39, 0.29) is 20.7 Å². The van der Waals surface area contributed by atoms with E-state index in [1.165, 1.54) is 6.07 Å². The Kier molecular flexibility index (Phi) is 4.64. The Balaban J connectivity index is 1.84. The molecule has 2 aliphatic rings. The number of sulfone groups is 1. The lowest BCUT2D eigenvalue weighted by Gasteiger charge is -2.16. The lowest BCUT2D eigenvalue weighted by Crippen LogP contribution is -2.33. The minimum atomic E-state index is -3.76. The van der Waals surface area contributed by atoms with Crippen molar-refractivity contribution in [3.05, 3.63) is 53.1 Å². The third-order valence-corrected chi connectivity index (χ3v) is 9.14. The van der Waals surface area contributed by atoms with E-state index in [0.717, 1.165) is 31.2 Å². The van der Waals surface area contributed by atoms with Crippen LogP contribution in [0.1, 0.15) is 42.4 Å². The topological polar surface area (TPSA) is 80.3 Å². The van der Waals surface area contributed by atoms with Gasteiger partial charge in [-0.2, -0.15) is 0 Å². The smallest absolute Gasteiger partial charge is 0.218 e.